The number of aliphatic hydroxyl groups excluding tert-OH is 1. The van der Waals surface area contributed by atoms with Gasteiger partial charge < -0.3 is 19.9 Å². The second-order valence-corrected chi connectivity index (χ2v) is 7.59. The summed E-state index contributed by atoms with van der Waals surface area (Å²) in [6.07, 6.45) is 1.41. The molecular weight excluding hydrogens is 422 g/mol. The topological polar surface area (TPSA) is 50.7 Å². The van der Waals surface area contributed by atoms with Crippen molar-refractivity contribution in [3.8, 4) is 11.5 Å². The van der Waals surface area contributed by atoms with Gasteiger partial charge in [0, 0.05) is 6.54 Å². The van der Waals surface area contributed by atoms with Crippen LogP contribution in [0.4, 0.5) is 0 Å². The van der Waals surface area contributed by atoms with Gasteiger partial charge in [0.1, 0.15) is 12.7 Å². The van der Waals surface area contributed by atoms with E-state index in [9.17, 15) is 5.11 Å². The minimum absolute atomic E-state index is 0. The van der Waals surface area contributed by atoms with Gasteiger partial charge in [-0.2, -0.15) is 0 Å². The van der Waals surface area contributed by atoms with E-state index in [1.807, 2.05) is 55.5 Å². The van der Waals surface area contributed by atoms with Gasteiger partial charge in [-0.25, -0.2) is 0 Å². The van der Waals surface area contributed by atoms with Crippen LogP contribution in [0.3, 0.4) is 0 Å². The summed E-state index contributed by atoms with van der Waals surface area (Å²) in [5.74, 6) is 1.41. The van der Waals surface area contributed by atoms with Crippen LogP contribution in [0.25, 0.3) is 0 Å². The first-order valence-corrected chi connectivity index (χ1v) is 11.1. The molecule has 4 nitrogen and oxygen atoms in total. The molecule has 0 aliphatic heterocycles. The number of hydrogen-bond acceptors (Lipinski definition) is 4. The zero-order chi connectivity index (χ0) is 21.9. The Morgan fingerprint density at radius 1 is 0.812 bits per heavy atom. The van der Waals surface area contributed by atoms with Gasteiger partial charge in [-0.3, -0.25) is 0 Å². The molecule has 0 spiro atoms. The van der Waals surface area contributed by atoms with Crippen molar-refractivity contribution in [2.24, 2.45) is 0 Å². The second kappa shape index (κ2) is 13.8. The molecule has 0 saturated heterocycles. The number of ether oxygens (including phenoxy) is 2. The first-order valence-electron chi connectivity index (χ1n) is 11.1. The van der Waals surface area contributed by atoms with Crippen LogP contribution >= 0.6 is 12.4 Å². The van der Waals surface area contributed by atoms with Gasteiger partial charge >= 0.3 is 0 Å². The molecule has 0 radical (unpaired) electrons. The fourth-order valence-corrected chi connectivity index (χ4v) is 3.60. The van der Waals surface area contributed by atoms with Crippen LogP contribution < -0.4 is 14.8 Å². The molecular formula is C27H34ClNO3. The van der Waals surface area contributed by atoms with Gasteiger partial charge in [0.25, 0.3) is 0 Å². The highest BCUT2D eigenvalue weighted by atomic mass is 35.5. The quantitative estimate of drug-likeness (QED) is 0.374. The van der Waals surface area contributed by atoms with Crippen LogP contribution in [0.1, 0.15) is 43.0 Å². The first kappa shape index (κ1) is 25.7. The van der Waals surface area contributed by atoms with Gasteiger partial charge in [-0.1, -0.05) is 80.1 Å². The molecule has 0 aromatic heterocycles. The Hall–Kier alpha value is -2.53. The van der Waals surface area contributed by atoms with E-state index in [2.05, 4.69) is 42.6 Å². The third-order valence-corrected chi connectivity index (χ3v) is 5.10. The molecule has 1 unspecified atom stereocenters. The van der Waals surface area contributed by atoms with Gasteiger partial charge in [-0.15, -0.1) is 12.4 Å². The maximum Gasteiger partial charge on any atom is 0.161 e. The monoisotopic (exact) mass is 455 g/mol. The Kier molecular flexibility index (Phi) is 11.1. The maximum absolute atomic E-state index is 10.6. The second-order valence-electron chi connectivity index (χ2n) is 7.59. The summed E-state index contributed by atoms with van der Waals surface area (Å²) in [4.78, 5) is 0. The van der Waals surface area contributed by atoms with Crippen molar-refractivity contribution in [3.05, 3.63) is 95.6 Å². The third-order valence-electron chi connectivity index (χ3n) is 5.10. The van der Waals surface area contributed by atoms with Gasteiger partial charge in [0.15, 0.2) is 11.5 Å². The van der Waals surface area contributed by atoms with Gasteiger partial charge in [0.2, 0.25) is 0 Å². The van der Waals surface area contributed by atoms with Crippen molar-refractivity contribution < 1.29 is 14.6 Å². The number of aliphatic hydroxyl groups is 1. The molecule has 0 saturated carbocycles. The van der Waals surface area contributed by atoms with E-state index < -0.39 is 6.10 Å². The maximum atomic E-state index is 10.6. The molecule has 32 heavy (non-hydrogen) atoms. The molecule has 0 bridgehead atoms. The predicted octanol–water partition coefficient (Wildman–Crippen LogP) is 5.58. The number of benzene rings is 3. The van der Waals surface area contributed by atoms with E-state index in [4.69, 9.17) is 9.47 Å². The molecule has 3 aromatic rings. The van der Waals surface area contributed by atoms with E-state index in [0.717, 1.165) is 24.0 Å². The molecule has 2 N–H and O–H groups in total. The summed E-state index contributed by atoms with van der Waals surface area (Å²) < 4.78 is 11.7. The zero-order valence-electron chi connectivity index (χ0n) is 18.9. The summed E-state index contributed by atoms with van der Waals surface area (Å²) in [6.45, 7) is 5.29. The van der Waals surface area contributed by atoms with Crippen molar-refractivity contribution >= 4 is 12.4 Å². The lowest BCUT2D eigenvalue weighted by Crippen LogP contribution is -2.34. The van der Waals surface area contributed by atoms with E-state index in [1.54, 1.807) is 0 Å². The lowest BCUT2D eigenvalue weighted by atomic mass is 9.98. The van der Waals surface area contributed by atoms with Crippen LogP contribution in [-0.2, 0) is 6.42 Å². The lowest BCUT2D eigenvalue weighted by molar-refractivity contribution is 0.102. The number of aryl methyl sites for hydroxylation is 1. The normalized spacial score (nSPS) is 11.6. The molecule has 0 aliphatic rings. The molecule has 1 atom stereocenters. The molecule has 0 amide bonds. The molecule has 0 aliphatic carbocycles. The fourth-order valence-electron chi connectivity index (χ4n) is 3.60. The molecule has 3 rings (SSSR count). The molecule has 0 fully saturated rings. The highest BCUT2D eigenvalue weighted by Crippen LogP contribution is 2.29. The number of hydrogen-bond donors (Lipinski definition) is 2. The lowest BCUT2D eigenvalue weighted by Gasteiger charge is -2.22. The Balaban J connectivity index is 0.00000363. The smallest absolute Gasteiger partial charge is 0.161 e. The Morgan fingerprint density at radius 3 is 2.00 bits per heavy atom. The van der Waals surface area contributed by atoms with Crippen LogP contribution in [0.2, 0.25) is 0 Å². The summed E-state index contributed by atoms with van der Waals surface area (Å²) in [6, 6.07) is 26.6. The standard InChI is InChI=1S/C27H33NO3.ClH/c1-3-11-21-16-17-25(30-4-2)26(18-21)31-20-24(29)19-28-27(22-12-7-5-8-13-22)23-14-9-6-10-15-23;/h5-10,12-18,24,27-29H,3-4,11,19-20H2,1-2H3;1H. The largest absolute Gasteiger partial charge is 0.490 e. The minimum Gasteiger partial charge on any atom is -0.490 e. The van der Waals surface area contributed by atoms with E-state index in [-0.39, 0.29) is 25.1 Å². The molecule has 172 valence electrons. The van der Waals surface area contributed by atoms with Crippen molar-refractivity contribution in [3.63, 3.8) is 0 Å². The van der Waals surface area contributed by atoms with Crippen molar-refractivity contribution in [1.29, 1.82) is 0 Å². The highest BCUT2D eigenvalue weighted by molar-refractivity contribution is 5.85. The highest BCUT2D eigenvalue weighted by Gasteiger charge is 2.16. The number of rotatable bonds is 12. The Morgan fingerprint density at radius 2 is 1.44 bits per heavy atom. The van der Waals surface area contributed by atoms with Crippen LogP contribution in [0, 0.1) is 0 Å². The van der Waals surface area contributed by atoms with E-state index >= 15 is 0 Å². The molecule has 3 aromatic carbocycles. The van der Waals surface area contributed by atoms with Gasteiger partial charge in [0.05, 0.1) is 12.6 Å². The number of halogens is 1. The predicted molar refractivity (Wildman–Crippen MR) is 133 cm³/mol. The van der Waals surface area contributed by atoms with E-state index in [1.165, 1.54) is 5.56 Å². The number of nitrogens with one attached hydrogen (secondary N) is 1. The minimum atomic E-state index is -0.653. The Labute approximate surface area is 198 Å². The van der Waals surface area contributed by atoms with Crippen LogP contribution in [-0.4, -0.2) is 31.0 Å². The summed E-state index contributed by atoms with van der Waals surface area (Å²) >= 11 is 0. The van der Waals surface area contributed by atoms with Crippen molar-refractivity contribution in [1.82, 2.24) is 5.32 Å². The molecule has 5 heteroatoms. The van der Waals surface area contributed by atoms with Crippen molar-refractivity contribution in [2.45, 2.75) is 38.8 Å². The third kappa shape index (κ3) is 7.56. The average Bonchev–Trinajstić information content (AvgIpc) is 2.81. The van der Waals surface area contributed by atoms with Crippen molar-refractivity contribution in [2.75, 3.05) is 19.8 Å². The fraction of sp³-hybridized carbons (Fsp3) is 0.333. The SMILES string of the molecule is CCCc1ccc(OCC)c(OCC(O)CNC(c2ccccc2)c2ccccc2)c1.Cl. The molecule has 0 heterocycles. The van der Waals surface area contributed by atoms with Crippen LogP contribution in [0.15, 0.2) is 78.9 Å². The summed E-state index contributed by atoms with van der Waals surface area (Å²) in [5, 5.41) is 14.1. The van der Waals surface area contributed by atoms with Gasteiger partial charge in [-0.05, 0) is 42.2 Å². The summed E-state index contributed by atoms with van der Waals surface area (Å²) in [7, 11) is 0. The van der Waals surface area contributed by atoms with Crippen LogP contribution in [0.5, 0.6) is 11.5 Å². The summed E-state index contributed by atoms with van der Waals surface area (Å²) in [5.41, 5.74) is 3.53. The first-order chi connectivity index (χ1) is 15.2. The Bertz CT molecular complexity index is 866. The van der Waals surface area contributed by atoms with E-state index in [0.29, 0.717) is 24.7 Å². The zero-order valence-corrected chi connectivity index (χ0v) is 19.7. The average molecular weight is 456 g/mol.